The maximum Gasteiger partial charge on any atom is 0.223 e. The summed E-state index contributed by atoms with van der Waals surface area (Å²) in [5, 5.41) is 4.11. The van der Waals surface area contributed by atoms with Gasteiger partial charge in [0.1, 0.15) is 5.75 Å². The van der Waals surface area contributed by atoms with Crippen molar-refractivity contribution in [1.29, 1.82) is 0 Å². The lowest BCUT2D eigenvalue weighted by molar-refractivity contribution is 0.454. The molecule has 0 bridgehead atoms. The fourth-order valence-electron chi connectivity index (χ4n) is 1.58. The molecule has 0 aliphatic carbocycles. The number of rotatable bonds is 4. The molecule has 1 heterocycles. The third-order valence-electron chi connectivity index (χ3n) is 2.31. The Balaban J connectivity index is 2.31. The van der Waals surface area contributed by atoms with Crippen LogP contribution in [0.4, 0.5) is 0 Å². The highest BCUT2D eigenvalue weighted by molar-refractivity contribution is 9.10. The average molecular weight is 362 g/mol. The second-order valence-electron chi connectivity index (χ2n) is 3.86. The van der Waals surface area contributed by atoms with E-state index in [-0.39, 0.29) is 0 Å². The van der Waals surface area contributed by atoms with Crippen molar-refractivity contribution in [3.8, 4) is 11.6 Å². The zero-order chi connectivity index (χ0) is 13.8. The van der Waals surface area contributed by atoms with Crippen LogP contribution in [0.2, 0.25) is 10.0 Å². The molecule has 0 atom stereocenters. The third-order valence-corrected chi connectivity index (χ3v) is 3.18. The summed E-state index contributed by atoms with van der Waals surface area (Å²) in [5.41, 5.74) is 0.938. The van der Waals surface area contributed by atoms with Crippen molar-refractivity contribution in [1.82, 2.24) is 10.3 Å². The van der Waals surface area contributed by atoms with E-state index in [1.54, 1.807) is 24.4 Å². The molecule has 1 aromatic carbocycles. The van der Waals surface area contributed by atoms with Crippen LogP contribution in [-0.2, 0) is 6.54 Å². The average Bonchev–Trinajstić information content (AvgIpc) is 2.32. The minimum Gasteiger partial charge on any atom is -0.439 e. The quantitative estimate of drug-likeness (QED) is 0.859. The van der Waals surface area contributed by atoms with Gasteiger partial charge in [-0.3, -0.25) is 0 Å². The Morgan fingerprint density at radius 1 is 1.21 bits per heavy atom. The van der Waals surface area contributed by atoms with Crippen LogP contribution in [0.5, 0.6) is 11.6 Å². The number of nitrogens with zero attached hydrogens (tertiary/aromatic N) is 1. The Morgan fingerprint density at radius 3 is 2.53 bits per heavy atom. The number of pyridine rings is 1. The Kier molecular flexibility index (Phi) is 5.05. The second kappa shape index (κ2) is 6.57. The van der Waals surface area contributed by atoms with E-state index in [0.717, 1.165) is 10.0 Å². The van der Waals surface area contributed by atoms with Crippen LogP contribution < -0.4 is 10.1 Å². The highest BCUT2D eigenvalue weighted by atomic mass is 79.9. The minimum absolute atomic E-state index is 0.523. The molecule has 0 spiro atoms. The van der Waals surface area contributed by atoms with Crippen LogP contribution in [0.25, 0.3) is 0 Å². The summed E-state index contributed by atoms with van der Waals surface area (Å²) in [5.74, 6) is 1.08. The number of benzene rings is 1. The number of ether oxygens (including phenoxy) is 1. The molecule has 0 aliphatic heterocycles. The van der Waals surface area contributed by atoms with Crippen molar-refractivity contribution < 1.29 is 4.74 Å². The SMILES string of the molecule is CNCc1cc(Br)cnc1Oc1cc(Cl)cc(Cl)c1. The molecule has 0 unspecified atom stereocenters. The molecule has 0 fully saturated rings. The highest BCUT2D eigenvalue weighted by Gasteiger charge is 2.08. The lowest BCUT2D eigenvalue weighted by Crippen LogP contribution is -2.07. The molecule has 2 aromatic rings. The molecule has 0 radical (unpaired) electrons. The Hall–Kier alpha value is -0.810. The van der Waals surface area contributed by atoms with Gasteiger partial charge in [0.25, 0.3) is 0 Å². The van der Waals surface area contributed by atoms with Crippen molar-refractivity contribution in [3.05, 3.63) is 50.5 Å². The summed E-state index contributed by atoms with van der Waals surface area (Å²) >= 11 is 15.3. The first-order chi connectivity index (χ1) is 9.08. The molecule has 0 amide bonds. The second-order valence-corrected chi connectivity index (χ2v) is 5.64. The van der Waals surface area contributed by atoms with E-state index in [0.29, 0.717) is 28.2 Å². The third kappa shape index (κ3) is 4.08. The molecular weight excluding hydrogens is 351 g/mol. The van der Waals surface area contributed by atoms with Gasteiger partial charge in [-0.15, -0.1) is 0 Å². The molecule has 19 heavy (non-hydrogen) atoms. The van der Waals surface area contributed by atoms with Crippen LogP contribution >= 0.6 is 39.1 Å². The summed E-state index contributed by atoms with van der Waals surface area (Å²) in [6.07, 6.45) is 1.68. The van der Waals surface area contributed by atoms with Crippen molar-refractivity contribution in [2.75, 3.05) is 7.05 Å². The number of hydrogen-bond donors (Lipinski definition) is 1. The standard InChI is InChI=1S/C13H11BrCl2N2O/c1-17-6-8-2-9(14)7-18-13(8)19-12-4-10(15)3-11(16)5-12/h2-5,7,17H,6H2,1H3. The molecule has 2 rings (SSSR count). The summed E-state index contributed by atoms with van der Waals surface area (Å²) in [7, 11) is 1.86. The van der Waals surface area contributed by atoms with Gasteiger partial charge in [-0.05, 0) is 47.2 Å². The fourth-order valence-corrected chi connectivity index (χ4v) is 2.46. The maximum absolute atomic E-state index is 5.94. The van der Waals surface area contributed by atoms with Crippen molar-refractivity contribution in [3.63, 3.8) is 0 Å². The first-order valence-electron chi connectivity index (χ1n) is 5.51. The molecule has 100 valence electrons. The first-order valence-corrected chi connectivity index (χ1v) is 7.06. The van der Waals surface area contributed by atoms with Crippen molar-refractivity contribution in [2.45, 2.75) is 6.54 Å². The van der Waals surface area contributed by atoms with Gasteiger partial charge >= 0.3 is 0 Å². The van der Waals surface area contributed by atoms with Gasteiger partial charge in [-0.2, -0.15) is 0 Å². The first kappa shape index (κ1) is 14.6. The summed E-state index contributed by atoms with van der Waals surface area (Å²) in [4.78, 5) is 4.26. The molecule has 0 saturated heterocycles. The van der Waals surface area contributed by atoms with Crippen LogP contribution in [0.3, 0.4) is 0 Å². The Bertz CT molecular complexity index is 573. The fraction of sp³-hybridized carbons (Fsp3) is 0.154. The van der Waals surface area contributed by atoms with Gasteiger partial charge in [0.2, 0.25) is 5.88 Å². The maximum atomic E-state index is 5.94. The number of aromatic nitrogens is 1. The van der Waals surface area contributed by atoms with Gasteiger partial charge in [0, 0.05) is 32.8 Å². The summed E-state index contributed by atoms with van der Waals surface area (Å²) < 4.78 is 6.64. The predicted molar refractivity (Wildman–Crippen MR) is 81.2 cm³/mol. The van der Waals surface area contributed by atoms with Gasteiger partial charge in [0.15, 0.2) is 0 Å². The molecule has 0 saturated carbocycles. The molecule has 0 aliphatic rings. The van der Waals surface area contributed by atoms with Gasteiger partial charge in [-0.1, -0.05) is 23.2 Å². The van der Waals surface area contributed by atoms with E-state index in [4.69, 9.17) is 27.9 Å². The smallest absolute Gasteiger partial charge is 0.223 e. The van der Waals surface area contributed by atoms with E-state index < -0.39 is 0 Å². The Morgan fingerprint density at radius 2 is 1.89 bits per heavy atom. The van der Waals surface area contributed by atoms with Crippen LogP contribution in [0, 0.1) is 0 Å². The molecule has 1 N–H and O–H groups in total. The predicted octanol–water partition coefficient (Wildman–Crippen LogP) is 4.66. The van der Waals surface area contributed by atoms with E-state index in [1.807, 2.05) is 13.1 Å². The van der Waals surface area contributed by atoms with E-state index in [2.05, 4.69) is 26.2 Å². The minimum atomic E-state index is 0.523. The van der Waals surface area contributed by atoms with Crippen LogP contribution in [0.15, 0.2) is 34.9 Å². The van der Waals surface area contributed by atoms with Gasteiger partial charge < -0.3 is 10.1 Å². The topological polar surface area (TPSA) is 34.2 Å². The number of hydrogen-bond acceptors (Lipinski definition) is 3. The highest BCUT2D eigenvalue weighted by Crippen LogP contribution is 2.29. The molecule has 1 aromatic heterocycles. The number of nitrogens with one attached hydrogen (secondary N) is 1. The van der Waals surface area contributed by atoms with Gasteiger partial charge in [-0.25, -0.2) is 4.98 Å². The number of halogens is 3. The zero-order valence-electron chi connectivity index (χ0n) is 10.1. The van der Waals surface area contributed by atoms with Gasteiger partial charge in [0.05, 0.1) is 0 Å². The summed E-state index contributed by atoms with van der Waals surface area (Å²) in [6.45, 7) is 0.649. The van der Waals surface area contributed by atoms with E-state index in [1.165, 1.54) is 0 Å². The van der Waals surface area contributed by atoms with Crippen LogP contribution in [0.1, 0.15) is 5.56 Å². The zero-order valence-corrected chi connectivity index (χ0v) is 13.2. The monoisotopic (exact) mass is 360 g/mol. The summed E-state index contributed by atoms with van der Waals surface area (Å²) in [6, 6.07) is 6.99. The van der Waals surface area contributed by atoms with E-state index >= 15 is 0 Å². The normalized spacial score (nSPS) is 10.5. The molecule has 6 heteroatoms. The molecular formula is C13H11BrCl2N2O. The van der Waals surface area contributed by atoms with Crippen molar-refractivity contribution in [2.24, 2.45) is 0 Å². The van der Waals surface area contributed by atoms with Crippen LogP contribution in [-0.4, -0.2) is 12.0 Å². The van der Waals surface area contributed by atoms with E-state index in [9.17, 15) is 0 Å². The Labute approximate surface area is 130 Å². The van der Waals surface area contributed by atoms with Crippen molar-refractivity contribution >= 4 is 39.1 Å². The molecule has 3 nitrogen and oxygen atoms in total. The lowest BCUT2D eigenvalue weighted by atomic mass is 10.2. The largest absolute Gasteiger partial charge is 0.439 e. The lowest BCUT2D eigenvalue weighted by Gasteiger charge is -2.10.